The van der Waals surface area contributed by atoms with Gasteiger partial charge in [-0.3, -0.25) is 4.79 Å². The Bertz CT molecular complexity index is 956. The van der Waals surface area contributed by atoms with Crippen molar-refractivity contribution in [1.82, 2.24) is 10.2 Å². The van der Waals surface area contributed by atoms with Crippen molar-refractivity contribution >= 4 is 17.6 Å². The maximum absolute atomic E-state index is 13.2. The van der Waals surface area contributed by atoms with E-state index in [1.54, 1.807) is 27.2 Å². The Morgan fingerprint density at radius 2 is 1.68 bits per heavy atom. The minimum atomic E-state index is -1.09. The highest BCUT2D eigenvalue weighted by Gasteiger charge is 2.50. The van der Waals surface area contributed by atoms with Crippen LogP contribution in [-0.4, -0.2) is 63.9 Å². The smallest absolute Gasteiger partial charge is 0.329 e. The van der Waals surface area contributed by atoms with Gasteiger partial charge in [0.05, 0.1) is 40.4 Å². The van der Waals surface area contributed by atoms with Crippen LogP contribution in [0.25, 0.3) is 0 Å². The molecule has 0 aromatic heterocycles. The Kier molecular flexibility index (Phi) is 5.73. The number of imide groups is 1. The fourth-order valence-corrected chi connectivity index (χ4v) is 4.23. The predicted octanol–water partition coefficient (Wildman–Crippen LogP) is 0.833. The quantitative estimate of drug-likeness (QED) is 0.671. The first-order valence-electron chi connectivity index (χ1n) is 10.5. The average Bonchev–Trinajstić information content (AvgIpc) is 3.03. The lowest BCUT2D eigenvalue weighted by molar-refractivity contribution is -0.907. The van der Waals surface area contributed by atoms with Crippen LogP contribution in [0.3, 0.4) is 0 Å². The summed E-state index contributed by atoms with van der Waals surface area (Å²) in [6, 6.07) is 15.0. The van der Waals surface area contributed by atoms with Gasteiger partial charge in [-0.15, -0.1) is 0 Å². The van der Waals surface area contributed by atoms with Crippen LogP contribution in [0, 0.1) is 0 Å². The number of carbonyl (C=O) groups is 2. The fraction of sp³-hybridized carbons (Fsp3) is 0.391. The van der Waals surface area contributed by atoms with Gasteiger partial charge in [-0.25, -0.2) is 9.69 Å². The normalized spacial score (nSPS) is 21.9. The standard InChI is InChI=1S/C23H28N4O4/c1-23(17-5-4-6-20(15-17)31-3)21(28)27(22(29)24-23)16-25-11-13-26(14-12-25)18-7-9-19(30-2)10-8-18/h4-10,15H,11-14,16H2,1-3H3,(H,24,29)/p+1/t23-/m0/s1. The molecule has 31 heavy (non-hydrogen) atoms. The molecule has 2 aromatic rings. The van der Waals surface area contributed by atoms with Gasteiger partial charge in [-0.1, -0.05) is 12.1 Å². The summed E-state index contributed by atoms with van der Waals surface area (Å²) >= 11 is 0. The van der Waals surface area contributed by atoms with Crippen LogP contribution in [0.15, 0.2) is 48.5 Å². The van der Waals surface area contributed by atoms with Crippen LogP contribution in [0.1, 0.15) is 12.5 Å². The van der Waals surface area contributed by atoms with Crippen molar-refractivity contribution in [3.05, 3.63) is 54.1 Å². The number of hydrogen-bond acceptors (Lipinski definition) is 5. The Hall–Kier alpha value is -3.26. The summed E-state index contributed by atoms with van der Waals surface area (Å²) in [6.45, 7) is 5.52. The molecular formula is C23H29N4O4+. The second-order valence-corrected chi connectivity index (χ2v) is 8.11. The van der Waals surface area contributed by atoms with E-state index in [1.807, 2.05) is 30.3 Å². The number of amides is 3. The van der Waals surface area contributed by atoms with E-state index in [9.17, 15) is 9.59 Å². The number of quaternary nitrogens is 1. The Morgan fingerprint density at radius 3 is 2.32 bits per heavy atom. The molecule has 0 bridgehead atoms. The number of carbonyl (C=O) groups excluding carboxylic acids is 2. The number of benzene rings is 2. The van der Waals surface area contributed by atoms with Crippen LogP contribution in [-0.2, 0) is 10.3 Å². The van der Waals surface area contributed by atoms with Crippen LogP contribution in [0.4, 0.5) is 10.5 Å². The minimum absolute atomic E-state index is 0.226. The lowest BCUT2D eigenvalue weighted by Crippen LogP contribution is -3.16. The number of piperazine rings is 1. The Morgan fingerprint density at radius 1 is 1.00 bits per heavy atom. The summed E-state index contributed by atoms with van der Waals surface area (Å²) < 4.78 is 10.5. The topological polar surface area (TPSA) is 75.6 Å². The van der Waals surface area contributed by atoms with E-state index in [2.05, 4.69) is 22.3 Å². The van der Waals surface area contributed by atoms with E-state index in [4.69, 9.17) is 9.47 Å². The van der Waals surface area contributed by atoms with Gasteiger partial charge >= 0.3 is 6.03 Å². The number of nitrogens with one attached hydrogen (secondary N) is 2. The van der Waals surface area contributed by atoms with Gasteiger partial charge < -0.3 is 24.6 Å². The number of ether oxygens (including phenoxy) is 2. The van der Waals surface area contributed by atoms with E-state index >= 15 is 0 Å². The molecular weight excluding hydrogens is 396 g/mol. The summed E-state index contributed by atoms with van der Waals surface area (Å²) in [5, 5.41) is 2.88. The molecule has 2 saturated heterocycles. The van der Waals surface area contributed by atoms with Gasteiger partial charge in [-0.2, -0.15) is 0 Å². The summed E-state index contributed by atoms with van der Waals surface area (Å²) in [5.41, 5.74) is 0.781. The largest absolute Gasteiger partial charge is 0.497 e. The summed E-state index contributed by atoms with van der Waals surface area (Å²) in [6.07, 6.45) is 0. The van der Waals surface area contributed by atoms with Crippen LogP contribution < -0.4 is 24.6 Å². The Labute approximate surface area is 182 Å². The summed E-state index contributed by atoms with van der Waals surface area (Å²) in [7, 11) is 3.24. The molecule has 2 aromatic carbocycles. The molecule has 1 atom stereocenters. The molecule has 0 radical (unpaired) electrons. The first kappa shape index (κ1) is 21.0. The van der Waals surface area contributed by atoms with Crippen LogP contribution in [0.5, 0.6) is 11.5 Å². The minimum Gasteiger partial charge on any atom is -0.497 e. The van der Waals surface area contributed by atoms with Crippen molar-refractivity contribution in [3.63, 3.8) is 0 Å². The lowest BCUT2D eigenvalue weighted by Gasteiger charge is -2.34. The molecule has 2 aliphatic rings. The third-order valence-corrected chi connectivity index (χ3v) is 6.21. The average molecular weight is 426 g/mol. The summed E-state index contributed by atoms with van der Waals surface area (Å²) in [4.78, 5) is 30.8. The zero-order valence-electron chi connectivity index (χ0n) is 18.2. The molecule has 2 aliphatic heterocycles. The van der Waals surface area contributed by atoms with Gasteiger partial charge in [0.15, 0.2) is 6.67 Å². The number of nitrogens with zero attached hydrogens (tertiary/aromatic N) is 2. The number of methoxy groups -OCH3 is 2. The third-order valence-electron chi connectivity index (χ3n) is 6.21. The number of hydrogen-bond donors (Lipinski definition) is 2. The highest BCUT2D eigenvalue weighted by Crippen LogP contribution is 2.30. The van der Waals surface area contributed by atoms with E-state index < -0.39 is 5.54 Å². The van der Waals surface area contributed by atoms with Gasteiger partial charge in [-0.05, 0) is 48.9 Å². The van der Waals surface area contributed by atoms with E-state index in [-0.39, 0.29) is 11.9 Å². The maximum atomic E-state index is 13.2. The highest BCUT2D eigenvalue weighted by molar-refractivity contribution is 6.07. The molecule has 8 heteroatoms. The number of urea groups is 1. The first-order chi connectivity index (χ1) is 14.9. The van der Waals surface area contributed by atoms with Crippen molar-refractivity contribution in [1.29, 1.82) is 0 Å². The molecule has 164 valence electrons. The van der Waals surface area contributed by atoms with Crippen molar-refractivity contribution in [2.45, 2.75) is 12.5 Å². The highest BCUT2D eigenvalue weighted by atomic mass is 16.5. The molecule has 4 rings (SSSR count). The van der Waals surface area contributed by atoms with Crippen molar-refractivity contribution in [2.24, 2.45) is 0 Å². The van der Waals surface area contributed by atoms with E-state index in [1.165, 1.54) is 9.80 Å². The van der Waals surface area contributed by atoms with Gasteiger partial charge in [0.25, 0.3) is 5.91 Å². The fourth-order valence-electron chi connectivity index (χ4n) is 4.23. The predicted molar refractivity (Wildman–Crippen MR) is 116 cm³/mol. The van der Waals surface area contributed by atoms with Crippen LogP contribution >= 0.6 is 0 Å². The maximum Gasteiger partial charge on any atom is 0.329 e. The SMILES string of the molecule is COc1ccc(N2CC[NH+](CN3C(=O)N[C@@](C)(c4cccc(OC)c4)C3=O)CC2)cc1. The molecule has 3 amide bonds. The molecule has 0 spiro atoms. The van der Waals surface area contributed by atoms with E-state index in [0.717, 1.165) is 37.6 Å². The molecule has 8 nitrogen and oxygen atoms in total. The van der Waals surface area contributed by atoms with Gasteiger partial charge in [0.1, 0.15) is 17.0 Å². The monoisotopic (exact) mass is 425 g/mol. The lowest BCUT2D eigenvalue weighted by atomic mass is 9.92. The Balaban J connectivity index is 1.39. The van der Waals surface area contributed by atoms with Gasteiger partial charge in [0, 0.05) is 5.69 Å². The van der Waals surface area contributed by atoms with E-state index in [0.29, 0.717) is 18.0 Å². The van der Waals surface area contributed by atoms with Crippen molar-refractivity contribution in [3.8, 4) is 11.5 Å². The molecule has 0 aliphatic carbocycles. The summed E-state index contributed by atoms with van der Waals surface area (Å²) in [5.74, 6) is 1.26. The van der Waals surface area contributed by atoms with Crippen molar-refractivity contribution < 1.29 is 24.0 Å². The second-order valence-electron chi connectivity index (χ2n) is 8.11. The molecule has 0 saturated carbocycles. The molecule has 2 heterocycles. The molecule has 0 unspecified atom stereocenters. The van der Waals surface area contributed by atoms with Crippen molar-refractivity contribution in [2.75, 3.05) is 52.0 Å². The number of anilines is 1. The molecule has 2 fully saturated rings. The number of rotatable bonds is 6. The third kappa shape index (κ3) is 4.03. The zero-order valence-corrected chi connectivity index (χ0v) is 18.2. The second kappa shape index (κ2) is 8.47. The molecule has 2 N–H and O–H groups in total. The first-order valence-corrected chi connectivity index (χ1v) is 10.5. The van der Waals surface area contributed by atoms with Gasteiger partial charge in [0.2, 0.25) is 0 Å². The zero-order chi connectivity index (χ0) is 22.0. The van der Waals surface area contributed by atoms with Crippen LogP contribution in [0.2, 0.25) is 0 Å².